The Morgan fingerprint density at radius 1 is 1.11 bits per heavy atom. The molecule has 8 nitrogen and oxygen atoms in total. The molecule has 2 aromatic carbocycles. The molecular formula is C25H34BrN3O5S. The zero-order valence-corrected chi connectivity index (χ0v) is 23.4. The van der Waals surface area contributed by atoms with Gasteiger partial charge in [-0.1, -0.05) is 31.2 Å². The highest BCUT2D eigenvalue weighted by Gasteiger charge is 2.33. The van der Waals surface area contributed by atoms with Crippen molar-refractivity contribution in [3.05, 3.63) is 58.6 Å². The third-order valence-corrected chi connectivity index (χ3v) is 6.97. The van der Waals surface area contributed by atoms with Gasteiger partial charge in [0.05, 0.1) is 19.1 Å². The predicted octanol–water partition coefficient (Wildman–Crippen LogP) is 3.95. The predicted molar refractivity (Wildman–Crippen MR) is 142 cm³/mol. The Hall–Kier alpha value is -2.59. The second-order valence-electron chi connectivity index (χ2n) is 9.26. The molecule has 2 amide bonds. The number of amides is 2. The molecule has 0 unspecified atom stereocenters. The summed E-state index contributed by atoms with van der Waals surface area (Å²) in [6.45, 7) is 7.07. The Bertz CT molecular complexity index is 1150. The first-order chi connectivity index (χ1) is 16.3. The van der Waals surface area contributed by atoms with E-state index in [-0.39, 0.29) is 12.5 Å². The van der Waals surface area contributed by atoms with Crippen LogP contribution in [0.2, 0.25) is 0 Å². The van der Waals surface area contributed by atoms with Gasteiger partial charge in [-0.25, -0.2) is 8.42 Å². The van der Waals surface area contributed by atoms with E-state index in [9.17, 15) is 18.0 Å². The van der Waals surface area contributed by atoms with Crippen molar-refractivity contribution in [2.24, 2.45) is 0 Å². The molecule has 2 rings (SSSR count). The van der Waals surface area contributed by atoms with Gasteiger partial charge in [0, 0.05) is 16.6 Å². The molecule has 1 N–H and O–H groups in total. The summed E-state index contributed by atoms with van der Waals surface area (Å²) in [4.78, 5) is 28.3. The summed E-state index contributed by atoms with van der Waals surface area (Å²) in [7, 11) is -2.25. The minimum absolute atomic E-state index is 0.111. The summed E-state index contributed by atoms with van der Waals surface area (Å²) in [5.41, 5.74) is 0.603. The molecule has 35 heavy (non-hydrogen) atoms. The normalized spacial score (nSPS) is 12.5. The zero-order chi connectivity index (χ0) is 26.4. The number of benzene rings is 2. The molecule has 0 aliphatic rings. The lowest BCUT2D eigenvalue weighted by molar-refractivity contribution is -0.141. The standard InChI is InChI=1S/C25H34BrN3O5S/c1-7-21(24(31)27-25(2,3)4)28(16-18-11-10-12-19(15-18)34-5)23(30)17-29(35(6,32)33)22-14-9-8-13-20(22)26/h8-15,21H,7,16-17H2,1-6H3,(H,27,31)/t21-/m0/s1. The van der Waals surface area contributed by atoms with Crippen molar-refractivity contribution in [1.82, 2.24) is 10.2 Å². The van der Waals surface area contributed by atoms with E-state index in [2.05, 4.69) is 21.2 Å². The number of ether oxygens (including phenoxy) is 1. The highest BCUT2D eigenvalue weighted by molar-refractivity contribution is 9.10. The lowest BCUT2D eigenvalue weighted by Crippen LogP contribution is -2.55. The van der Waals surface area contributed by atoms with Crippen LogP contribution in [0.5, 0.6) is 5.75 Å². The van der Waals surface area contributed by atoms with E-state index in [1.165, 1.54) is 4.90 Å². The van der Waals surface area contributed by atoms with Gasteiger partial charge in [0.1, 0.15) is 18.3 Å². The Kier molecular flexibility index (Phi) is 9.74. The number of nitrogens with one attached hydrogen (secondary N) is 1. The Morgan fingerprint density at radius 2 is 1.77 bits per heavy atom. The quantitative estimate of drug-likeness (QED) is 0.469. The van der Waals surface area contributed by atoms with Crippen LogP contribution in [-0.4, -0.2) is 56.6 Å². The largest absolute Gasteiger partial charge is 0.497 e. The number of methoxy groups -OCH3 is 1. The van der Waals surface area contributed by atoms with Gasteiger partial charge in [0.15, 0.2) is 0 Å². The van der Waals surface area contributed by atoms with Crippen LogP contribution >= 0.6 is 15.9 Å². The minimum Gasteiger partial charge on any atom is -0.497 e. The van der Waals surface area contributed by atoms with Gasteiger partial charge in [-0.3, -0.25) is 13.9 Å². The van der Waals surface area contributed by atoms with Crippen LogP contribution in [0, 0.1) is 0 Å². The Balaban J connectivity index is 2.49. The molecule has 10 heteroatoms. The summed E-state index contributed by atoms with van der Waals surface area (Å²) in [6, 6.07) is 13.2. The van der Waals surface area contributed by atoms with Crippen molar-refractivity contribution >= 4 is 43.5 Å². The molecule has 0 fully saturated rings. The number of carbonyl (C=O) groups excluding carboxylic acids is 2. The van der Waals surface area contributed by atoms with Crippen LogP contribution in [0.15, 0.2) is 53.0 Å². The number of para-hydroxylation sites is 1. The zero-order valence-electron chi connectivity index (χ0n) is 21.0. The van der Waals surface area contributed by atoms with Crippen molar-refractivity contribution < 1.29 is 22.7 Å². The molecule has 1 atom stereocenters. The molecule has 2 aromatic rings. The monoisotopic (exact) mass is 567 g/mol. The van der Waals surface area contributed by atoms with E-state index in [0.29, 0.717) is 22.3 Å². The summed E-state index contributed by atoms with van der Waals surface area (Å²) in [5.74, 6) is -0.180. The maximum absolute atomic E-state index is 13.7. The van der Waals surface area contributed by atoms with Crippen LogP contribution in [0.1, 0.15) is 39.7 Å². The van der Waals surface area contributed by atoms with Crippen LogP contribution in [0.3, 0.4) is 0 Å². The molecule has 192 valence electrons. The van der Waals surface area contributed by atoms with Gasteiger partial charge in [-0.15, -0.1) is 0 Å². The number of carbonyl (C=O) groups is 2. The summed E-state index contributed by atoms with van der Waals surface area (Å²) >= 11 is 3.38. The highest BCUT2D eigenvalue weighted by Crippen LogP contribution is 2.28. The van der Waals surface area contributed by atoms with E-state index >= 15 is 0 Å². The number of halogens is 1. The second-order valence-corrected chi connectivity index (χ2v) is 12.0. The second kappa shape index (κ2) is 11.9. The average Bonchev–Trinajstić information content (AvgIpc) is 2.76. The Morgan fingerprint density at radius 3 is 2.31 bits per heavy atom. The smallest absolute Gasteiger partial charge is 0.244 e. The van der Waals surface area contributed by atoms with Gasteiger partial charge >= 0.3 is 0 Å². The van der Waals surface area contributed by atoms with E-state index in [1.54, 1.807) is 49.6 Å². The van der Waals surface area contributed by atoms with E-state index in [4.69, 9.17) is 4.74 Å². The first kappa shape index (κ1) is 28.6. The molecule has 0 radical (unpaired) electrons. The maximum Gasteiger partial charge on any atom is 0.244 e. The van der Waals surface area contributed by atoms with Crippen molar-refractivity contribution in [1.29, 1.82) is 0 Å². The molecule has 0 heterocycles. The van der Waals surface area contributed by atoms with E-state index < -0.39 is 34.1 Å². The first-order valence-electron chi connectivity index (χ1n) is 11.2. The number of hydrogen-bond donors (Lipinski definition) is 1. The topological polar surface area (TPSA) is 96.0 Å². The molecule has 0 spiro atoms. The first-order valence-corrected chi connectivity index (χ1v) is 13.9. The third-order valence-electron chi connectivity index (χ3n) is 5.17. The van der Waals surface area contributed by atoms with Crippen molar-refractivity contribution in [3.8, 4) is 5.75 Å². The molecule has 0 bridgehead atoms. The van der Waals surface area contributed by atoms with Crippen LogP contribution in [-0.2, 0) is 26.2 Å². The molecular weight excluding hydrogens is 534 g/mol. The number of nitrogens with zero attached hydrogens (tertiary/aromatic N) is 2. The number of hydrogen-bond acceptors (Lipinski definition) is 5. The summed E-state index contributed by atoms with van der Waals surface area (Å²) in [5, 5.41) is 2.94. The van der Waals surface area contributed by atoms with E-state index in [0.717, 1.165) is 16.1 Å². The summed E-state index contributed by atoms with van der Waals surface area (Å²) in [6.07, 6.45) is 1.40. The lowest BCUT2D eigenvalue weighted by atomic mass is 10.1. The van der Waals surface area contributed by atoms with Gasteiger partial charge in [-0.05, 0) is 73.0 Å². The Labute approximate surface area is 216 Å². The number of sulfonamides is 1. The molecule has 0 aromatic heterocycles. The van der Waals surface area contributed by atoms with Crippen molar-refractivity contribution in [2.45, 2.75) is 52.2 Å². The van der Waals surface area contributed by atoms with Gasteiger partial charge in [-0.2, -0.15) is 0 Å². The molecule has 0 saturated heterocycles. The summed E-state index contributed by atoms with van der Waals surface area (Å²) < 4.78 is 32.3. The highest BCUT2D eigenvalue weighted by atomic mass is 79.9. The fourth-order valence-corrected chi connectivity index (χ4v) is 5.07. The SMILES string of the molecule is CC[C@@H](C(=O)NC(C)(C)C)N(Cc1cccc(OC)c1)C(=O)CN(c1ccccc1Br)S(C)(=O)=O. The number of rotatable bonds is 10. The van der Waals surface area contributed by atoms with Crippen LogP contribution in [0.4, 0.5) is 5.69 Å². The van der Waals surface area contributed by atoms with Crippen LogP contribution in [0.25, 0.3) is 0 Å². The van der Waals surface area contributed by atoms with Crippen LogP contribution < -0.4 is 14.4 Å². The number of anilines is 1. The maximum atomic E-state index is 13.7. The molecule has 0 aliphatic carbocycles. The lowest BCUT2D eigenvalue weighted by Gasteiger charge is -2.34. The fourth-order valence-electron chi connectivity index (χ4n) is 3.59. The fraction of sp³-hybridized carbons (Fsp3) is 0.440. The van der Waals surface area contributed by atoms with E-state index in [1.807, 2.05) is 33.8 Å². The average molecular weight is 569 g/mol. The molecule has 0 saturated carbocycles. The minimum atomic E-state index is -3.80. The third kappa shape index (κ3) is 8.24. The van der Waals surface area contributed by atoms with Crippen molar-refractivity contribution in [2.75, 3.05) is 24.2 Å². The van der Waals surface area contributed by atoms with Gasteiger partial charge in [0.2, 0.25) is 21.8 Å². The molecule has 0 aliphatic heterocycles. The van der Waals surface area contributed by atoms with Crippen molar-refractivity contribution in [3.63, 3.8) is 0 Å². The van der Waals surface area contributed by atoms with Gasteiger partial charge < -0.3 is 15.0 Å². The van der Waals surface area contributed by atoms with Gasteiger partial charge in [0.25, 0.3) is 0 Å².